The molecule has 11 heteroatoms. The van der Waals surface area contributed by atoms with E-state index in [1.807, 2.05) is 0 Å². The fraction of sp³-hybridized carbons (Fsp3) is 0.250. The molecule has 4 N–H and O–H groups in total. The Labute approximate surface area is 168 Å². The van der Waals surface area contributed by atoms with Crippen LogP contribution in [0.25, 0.3) is 11.5 Å². The van der Waals surface area contributed by atoms with Crippen LogP contribution in [0.4, 0.5) is 5.69 Å². The fourth-order valence-corrected chi connectivity index (χ4v) is 4.06. The summed E-state index contributed by atoms with van der Waals surface area (Å²) < 4.78 is 1.36. The summed E-state index contributed by atoms with van der Waals surface area (Å²) in [5.74, 6) is 6.46. The number of anilines is 1. The van der Waals surface area contributed by atoms with Gasteiger partial charge < -0.3 is 11.2 Å². The Morgan fingerprint density at radius 3 is 3.00 bits per heavy atom. The first-order valence-corrected chi connectivity index (χ1v) is 9.91. The third kappa shape index (κ3) is 3.62. The van der Waals surface area contributed by atoms with Crippen molar-refractivity contribution in [2.24, 2.45) is 0 Å². The molecule has 0 atom stereocenters. The molecule has 4 rings (SSSR count). The monoisotopic (exact) mass is 423 g/mol. The number of nitrogens with one attached hydrogen (secondary N) is 2. The lowest BCUT2D eigenvalue weighted by molar-refractivity contribution is -0.113. The van der Waals surface area contributed by atoms with Gasteiger partial charge in [-0.25, -0.2) is 4.68 Å². The minimum Gasteiger partial charge on any atom is -0.335 e. The molecule has 3 aromatic rings. The molecule has 8 nitrogen and oxygen atoms in total. The second kappa shape index (κ2) is 7.41. The number of fused-ring (bicyclic) bond motifs is 1. The van der Waals surface area contributed by atoms with Crippen LogP contribution >= 0.6 is 35.0 Å². The Balaban J connectivity index is 1.43. The normalized spacial score (nSPS) is 13.0. The van der Waals surface area contributed by atoms with Crippen molar-refractivity contribution >= 4 is 46.6 Å². The van der Waals surface area contributed by atoms with Gasteiger partial charge in [-0.1, -0.05) is 35.0 Å². The van der Waals surface area contributed by atoms with Gasteiger partial charge in [0.1, 0.15) is 5.69 Å². The number of benzene rings is 1. The third-order valence-corrected chi connectivity index (χ3v) is 5.71. The lowest BCUT2D eigenvalue weighted by Crippen LogP contribution is -2.16. The van der Waals surface area contributed by atoms with E-state index in [1.165, 1.54) is 16.4 Å². The molecular formula is C16H15Cl2N7OS. The number of hydrogen-bond donors (Lipinski definition) is 3. The van der Waals surface area contributed by atoms with E-state index in [9.17, 15) is 4.79 Å². The maximum absolute atomic E-state index is 12.2. The molecule has 2 heterocycles. The van der Waals surface area contributed by atoms with Gasteiger partial charge in [0.05, 0.1) is 16.5 Å². The van der Waals surface area contributed by atoms with Crippen molar-refractivity contribution < 1.29 is 4.79 Å². The van der Waals surface area contributed by atoms with Crippen LogP contribution in [0.3, 0.4) is 0 Å². The molecule has 0 spiro atoms. The summed E-state index contributed by atoms with van der Waals surface area (Å²) in [7, 11) is 0. The summed E-state index contributed by atoms with van der Waals surface area (Å²) in [4.78, 5) is 12.2. The average Bonchev–Trinajstić information content (AvgIpc) is 3.32. The van der Waals surface area contributed by atoms with Crippen LogP contribution in [-0.4, -0.2) is 36.7 Å². The van der Waals surface area contributed by atoms with E-state index < -0.39 is 0 Å². The number of nitrogens with zero attached hydrogens (tertiary/aromatic N) is 4. The Kier molecular flexibility index (Phi) is 4.98. The zero-order valence-electron chi connectivity index (χ0n) is 14.0. The average molecular weight is 424 g/mol. The van der Waals surface area contributed by atoms with Gasteiger partial charge >= 0.3 is 0 Å². The molecule has 0 aliphatic heterocycles. The van der Waals surface area contributed by atoms with Crippen LogP contribution in [0.2, 0.25) is 10.0 Å². The number of hydrogen-bond acceptors (Lipinski definition) is 6. The van der Waals surface area contributed by atoms with E-state index in [1.54, 1.807) is 18.2 Å². The zero-order chi connectivity index (χ0) is 19.0. The topological polar surface area (TPSA) is 115 Å². The number of nitrogen functional groups attached to an aromatic ring is 1. The third-order valence-electron chi connectivity index (χ3n) is 4.22. The van der Waals surface area contributed by atoms with Crippen LogP contribution < -0.4 is 11.2 Å². The van der Waals surface area contributed by atoms with Gasteiger partial charge in [-0.15, -0.1) is 10.2 Å². The molecule has 0 saturated carbocycles. The Hall–Kier alpha value is -2.23. The van der Waals surface area contributed by atoms with E-state index in [2.05, 4.69) is 25.7 Å². The number of amides is 1. The van der Waals surface area contributed by atoms with Gasteiger partial charge in [0.15, 0.2) is 0 Å². The number of aromatic nitrogens is 5. The lowest BCUT2D eigenvalue weighted by Gasteiger charge is -2.07. The van der Waals surface area contributed by atoms with E-state index in [0.717, 1.165) is 36.2 Å². The van der Waals surface area contributed by atoms with Gasteiger partial charge in [-0.3, -0.25) is 9.89 Å². The van der Waals surface area contributed by atoms with Crippen molar-refractivity contribution in [3.8, 4) is 11.5 Å². The number of carbonyl (C=O) groups excluding carboxylic acids is 1. The van der Waals surface area contributed by atoms with Crippen LogP contribution in [-0.2, 0) is 17.6 Å². The number of thioether (sulfide) groups is 1. The van der Waals surface area contributed by atoms with Crippen molar-refractivity contribution in [2.45, 2.75) is 24.4 Å². The SMILES string of the molecule is Nn1c(SCC(=O)Nc2ccc(Cl)cc2Cl)nnc1-c1n[nH]c2c1CCC2. The zero-order valence-corrected chi connectivity index (χ0v) is 16.3. The summed E-state index contributed by atoms with van der Waals surface area (Å²) in [6.45, 7) is 0. The number of halogens is 2. The lowest BCUT2D eigenvalue weighted by atomic mass is 10.2. The number of aryl methyl sites for hydroxylation is 1. The molecular weight excluding hydrogens is 409 g/mol. The van der Waals surface area contributed by atoms with Crippen molar-refractivity contribution in [1.82, 2.24) is 25.1 Å². The molecule has 0 fully saturated rings. The predicted octanol–water partition coefficient (Wildman–Crippen LogP) is 2.91. The van der Waals surface area contributed by atoms with Crippen LogP contribution in [0.5, 0.6) is 0 Å². The van der Waals surface area contributed by atoms with Gasteiger partial charge in [0.25, 0.3) is 0 Å². The highest BCUT2D eigenvalue weighted by molar-refractivity contribution is 7.99. The van der Waals surface area contributed by atoms with Gasteiger partial charge in [-0.2, -0.15) is 5.10 Å². The van der Waals surface area contributed by atoms with Crippen LogP contribution in [0, 0.1) is 0 Å². The molecule has 1 aromatic carbocycles. The summed E-state index contributed by atoms with van der Waals surface area (Å²) in [6, 6.07) is 4.87. The van der Waals surface area contributed by atoms with Gasteiger partial charge in [0, 0.05) is 16.3 Å². The quantitative estimate of drug-likeness (QED) is 0.429. The molecule has 1 amide bonds. The molecule has 0 saturated heterocycles. The summed E-state index contributed by atoms with van der Waals surface area (Å²) in [6.07, 6.45) is 3.02. The number of H-pyrrole nitrogens is 1. The number of aromatic amines is 1. The second-order valence-corrected chi connectivity index (χ2v) is 7.81. The standard InChI is InChI=1S/C16H15Cl2N7OS/c17-8-4-5-12(10(18)6-8)20-13(26)7-27-16-24-23-15(25(16)19)14-9-2-1-3-11(9)21-22-14/h4-6H,1-3,7,19H2,(H,20,26)(H,21,22). The molecule has 2 aromatic heterocycles. The van der Waals surface area contributed by atoms with Crippen LogP contribution in [0.1, 0.15) is 17.7 Å². The maximum Gasteiger partial charge on any atom is 0.234 e. The summed E-state index contributed by atoms with van der Waals surface area (Å²) >= 11 is 13.1. The highest BCUT2D eigenvalue weighted by Gasteiger charge is 2.24. The van der Waals surface area contributed by atoms with Crippen molar-refractivity contribution in [3.05, 3.63) is 39.5 Å². The van der Waals surface area contributed by atoms with Gasteiger partial charge in [-0.05, 0) is 37.5 Å². The van der Waals surface area contributed by atoms with E-state index in [-0.39, 0.29) is 11.7 Å². The maximum atomic E-state index is 12.2. The minimum atomic E-state index is -0.241. The van der Waals surface area contributed by atoms with Crippen molar-refractivity contribution in [2.75, 3.05) is 16.9 Å². The second-order valence-electron chi connectivity index (χ2n) is 6.02. The molecule has 1 aliphatic carbocycles. The number of nitrogens with two attached hydrogens (primary N) is 1. The Morgan fingerprint density at radius 2 is 2.19 bits per heavy atom. The summed E-state index contributed by atoms with van der Waals surface area (Å²) in [5.41, 5.74) is 3.48. The minimum absolute atomic E-state index is 0.104. The first kappa shape index (κ1) is 18.1. The first-order chi connectivity index (χ1) is 13.0. The van der Waals surface area contributed by atoms with E-state index >= 15 is 0 Å². The number of carbonyl (C=O) groups is 1. The summed E-state index contributed by atoms with van der Waals surface area (Å²) in [5, 5.41) is 19.6. The number of rotatable bonds is 5. The van der Waals surface area contributed by atoms with Crippen molar-refractivity contribution in [1.29, 1.82) is 0 Å². The first-order valence-electron chi connectivity index (χ1n) is 8.17. The van der Waals surface area contributed by atoms with Crippen LogP contribution in [0.15, 0.2) is 23.4 Å². The van der Waals surface area contributed by atoms with E-state index in [4.69, 9.17) is 29.0 Å². The van der Waals surface area contributed by atoms with Crippen molar-refractivity contribution in [3.63, 3.8) is 0 Å². The van der Waals surface area contributed by atoms with E-state index in [0.29, 0.717) is 26.7 Å². The molecule has 27 heavy (non-hydrogen) atoms. The molecule has 0 bridgehead atoms. The molecule has 0 unspecified atom stereocenters. The fourth-order valence-electron chi connectivity index (χ4n) is 2.95. The smallest absolute Gasteiger partial charge is 0.234 e. The molecule has 140 valence electrons. The Morgan fingerprint density at radius 1 is 1.33 bits per heavy atom. The predicted molar refractivity (Wildman–Crippen MR) is 106 cm³/mol. The Bertz CT molecular complexity index is 1020. The largest absolute Gasteiger partial charge is 0.335 e. The highest BCUT2D eigenvalue weighted by Crippen LogP contribution is 2.30. The highest BCUT2D eigenvalue weighted by atomic mass is 35.5. The molecule has 1 aliphatic rings. The van der Waals surface area contributed by atoms with Gasteiger partial charge in [0.2, 0.25) is 16.9 Å². The molecule has 0 radical (unpaired) electrons.